The van der Waals surface area contributed by atoms with Crippen molar-refractivity contribution in [3.05, 3.63) is 40.3 Å². The van der Waals surface area contributed by atoms with Crippen LogP contribution in [0, 0.1) is 5.92 Å². The van der Waals surface area contributed by atoms with Gasteiger partial charge in [-0.05, 0) is 49.9 Å². The van der Waals surface area contributed by atoms with E-state index >= 15 is 0 Å². The van der Waals surface area contributed by atoms with Crippen LogP contribution >= 0.6 is 11.3 Å². The SMILES string of the molecule is CNS(=O)(=O)c1cc(C(=O)NCC2CCCN(Cc3cccs3)C2)n(C)c1. The molecule has 1 amide bonds. The van der Waals surface area contributed by atoms with Gasteiger partial charge >= 0.3 is 0 Å². The number of hydrogen-bond acceptors (Lipinski definition) is 5. The Hall–Kier alpha value is -1.68. The molecule has 2 N–H and O–H groups in total. The van der Waals surface area contributed by atoms with Crippen molar-refractivity contribution in [1.29, 1.82) is 0 Å². The number of thiophene rings is 1. The van der Waals surface area contributed by atoms with E-state index in [1.807, 2.05) is 0 Å². The second kappa shape index (κ2) is 8.55. The van der Waals surface area contributed by atoms with Gasteiger partial charge in [-0.2, -0.15) is 0 Å². The molecule has 0 radical (unpaired) electrons. The molecule has 2 aromatic rings. The highest BCUT2D eigenvalue weighted by Crippen LogP contribution is 2.20. The molecule has 3 rings (SSSR count). The first-order chi connectivity index (χ1) is 12.9. The summed E-state index contributed by atoms with van der Waals surface area (Å²) in [6, 6.07) is 5.64. The van der Waals surface area contributed by atoms with Crippen LogP contribution in [0.25, 0.3) is 0 Å². The molecule has 1 aliphatic rings. The second-order valence-corrected chi connectivity index (χ2v) is 9.83. The Morgan fingerprint density at radius 1 is 1.41 bits per heavy atom. The van der Waals surface area contributed by atoms with Crippen LogP contribution in [0.1, 0.15) is 28.2 Å². The molecule has 148 valence electrons. The molecule has 27 heavy (non-hydrogen) atoms. The fourth-order valence-corrected chi connectivity index (χ4v) is 4.98. The van der Waals surface area contributed by atoms with E-state index in [-0.39, 0.29) is 10.8 Å². The summed E-state index contributed by atoms with van der Waals surface area (Å²) in [4.78, 5) is 16.4. The van der Waals surface area contributed by atoms with Crippen LogP contribution in [0.3, 0.4) is 0 Å². The van der Waals surface area contributed by atoms with Gasteiger partial charge in [0, 0.05) is 37.8 Å². The number of likely N-dealkylation sites (tertiary alicyclic amines) is 1. The quantitative estimate of drug-likeness (QED) is 0.727. The van der Waals surface area contributed by atoms with E-state index < -0.39 is 10.0 Å². The van der Waals surface area contributed by atoms with Crippen LogP contribution in [0.5, 0.6) is 0 Å². The summed E-state index contributed by atoms with van der Waals surface area (Å²) in [6.45, 7) is 3.61. The van der Waals surface area contributed by atoms with Gasteiger partial charge in [-0.15, -0.1) is 11.3 Å². The van der Waals surface area contributed by atoms with Crippen LogP contribution in [0.2, 0.25) is 0 Å². The predicted molar refractivity (Wildman–Crippen MR) is 106 cm³/mol. The summed E-state index contributed by atoms with van der Waals surface area (Å²) < 4.78 is 27.6. The standard InChI is InChI=1S/C18H26N4O3S2/c1-19-27(24,25)16-9-17(21(2)13-16)18(23)20-10-14-5-3-7-22(11-14)12-15-6-4-8-26-15/h4,6,8-9,13-14,19H,3,5,7,10-12H2,1-2H3,(H,20,23). The Morgan fingerprint density at radius 3 is 2.93 bits per heavy atom. The summed E-state index contributed by atoms with van der Waals surface area (Å²) in [5.74, 6) is 0.161. The maximum atomic E-state index is 12.5. The van der Waals surface area contributed by atoms with E-state index in [1.165, 1.54) is 24.2 Å². The summed E-state index contributed by atoms with van der Waals surface area (Å²) in [5.41, 5.74) is 0.343. The molecule has 1 fully saturated rings. The summed E-state index contributed by atoms with van der Waals surface area (Å²) >= 11 is 1.77. The van der Waals surface area contributed by atoms with Crippen molar-refractivity contribution in [3.63, 3.8) is 0 Å². The van der Waals surface area contributed by atoms with E-state index in [2.05, 4.69) is 32.5 Å². The van der Waals surface area contributed by atoms with E-state index in [4.69, 9.17) is 0 Å². The van der Waals surface area contributed by atoms with Gasteiger partial charge in [0.1, 0.15) is 10.6 Å². The van der Waals surface area contributed by atoms with E-state index in [0.717, 1.165) is 32.5 Å². The lowest BCUT2D eigenvalue weighted by Crippen LogP contribution is -2.40. The number of amides is 1. The first kappa shape index (κ1) is 20.1. The number of hydrogen-bond donors (Lipinski definition) is 2. The topological polar surface area (TPSA) is 83.4 Å². The minimum Gasteiger partial charge on any atom is -0.350 e. The number of carbonyl (C=O) groups excluding carboxylic acids is 1. The number of aromatic nitrogens is 1. The molecule has 9 heteroatoms. The smallest absolute Gasteiger partial charge is 0.267 e. The van der Waals surface area contributed by atoms with E-state index in [0.29, 0.717) is 18.2 Å². The van der Waals surface area contributed by atoms with Crippen molar-refractivity contribution in [3.8, 4) is 0 Å². The normalized spacial score (nSPS) is 18.5. The predicted octanol–water partition coefficient (Wildman–Crippen LogP) is 1.64. The monoisotopic (exact) mass is 410 g/mol. The average molecular weight is 411 g/mol. The van der Waals surface area contributed by atoms with E-state index in [9.17, 15) is 13.2 Å². The number of sulfonamides is 1. The Bertz CT molecular complexity index is 875. The van der Waals surface area contributed by atoms with Gasteiger partial charge in [0.15, 0.2) is 0 Å². The van der Waals surface area contributed by atoms with Crippen LogP contribution in [-0.4, -0.2) is 50.5 Å². The van der Waals surface area contributed by atoms with Crippen molar-refractivity contribution < 1.29 is 13.2 Å². The summed E-state index contributed by atoms with van der Waals surface area (Å²) in [5, 5.41) is 5.07. The molecular weight excluding hydrogens is 384 g/mol. The first-order valence-corrected chi connectivity index (χ1v) is 11.4. The molecule has 0 bridgehead atoms. The number of aryl methyl sites for hydroxylation is 1. The maximum Gasteiger partial charge on any atom is 0.267 e. The molecular formula is C18H26N4O3S2. The molecule has 1 unspecified atom stereocenters. The van der Waals surface area contributed by atoms with Gasteiger partial charge in [0.25, 0.3) is 5.91 Å². The van der Waals surface area contributed by atoms with Crippen molar-refractivity contribution in [2.75, 3.05) is 26.7 Å². The van der Waals surface area contributed by atoms with Crippen LogP contribution < -0.4 is 10.0 Å². The fraction of sp³-hybridized carbons (Fsp3) is 0.500. The zero-order valence-electron chi connectivity index (χ0n) is 15.6. The van der Waals surface area contributed by atoms with Crippen LogP contribution in [0.15, 0.2) is 34.7 Å². The maximum absolute atomic E-state index is 12.5. The van der Waals surface area contributed by atoms with Gasteiger partial charge in [0.05, 0.1) is 0 Å². The number of carbonyl (C=O) groups is 1. The van der Waals surface area contributed by atoms with Crippen LogP contribution in [-0.2, 0) is 23.6 Å². The summed E-state index contributed by atoms with van der Waals surface area (Å²) in [7, 11) is -0.530. The van der Waals surface area contributed by atoms with E-state index in [1.54, 1.807) is 23.0 Å². The zero-order valence-corrected chi connectivity index (χ0v) is 17.3. The molecule has 2 aromatic heterocycles. The lowest BCUT2D eigenvalue weighted by Gasteiger charge is -2.32. The third-order valence-electron chi connectivity index (χ3n) is 4.91. The molecule has 0 aliphatic carbocycles. The Morgan fingerprint density at radius 2 is 2.22 bits per heavy atom. The third-order valence-corrected chi connectivity index (χ3v) is 7.15. The highest BCUT2D eigenvalue weighted by molar-refractivity contribution is 7.89. The lowest BCUT2D eigenvalue weighted by molar-refractivity contribution is 0.0923. The molecule has 1 aliphatic heterocycles. The van der Waals surface area contributed by atoms with Gasteiger partial charge in [0.2, 0.25) is 10.0 Å². The molecule has 3 heterocycles. The molecule has 1 saturated heterocycles. The highest BCUT2D eigenvalue weighted by Gasteiger charge is 2.23. The molecule has 7 nitrogen and oxygen atoms in total. The van der Waals surface area contributed by atoms with Crippen molar-refractivity contribution in [1.82, 2.24) is 19.5 Å². The largest absolute Gasteiger partial charge is 0.350 e. The van der Waals surface area contributed by atoms with Gasteiger partial charge in [-0.3, -0.25) is 9.69 Å². The Labute approximate surface area is 164 Å². The van der Waals surface area contributed by atoms with Crippen molar-refractivity contribution >= 4 is 27.3 Å². The number of nitrogens with zero attached hydrogens (tertiary/aromatic N) is 2. The number of rotatable bonds is 7. The third kappa shape index (κ3) is 4.98. The fourth-order valence-electron chi connectivity index (χ4n) is 3.44. The van der Waals surface area contributed by atoms with Crippen molar-refractivity contribution in [2.45, 2.75) is 24.3 Å². The van der Waals surface area contributed by atoms with Gasteiger partial charge in [-0.1, -0.05) is 6.07 Å². The molecule has 0 spiro atoms. The second-order valence-electron chi connectivity index (χ2n) is 6.91. The minimum absolute atomic E-state index is 0.0949. The molecule has 1 atom stereocenters. The lowest BCUT2D eigenvalue weighted by atomic mass is 9.98. The highest BCUT2D eigenvalue weighted by atomic mass is 32.2. The summed E-state index contributed by atoms with van der Waals surface area (Å²) in [6.07, 6.45) is 3.67. The zero-order chi connectivity index (χ0) is 19.4. The Kier molecular flexibility index (Phi) is 6.36. The first-order valence-electron chi connectivity index (χ1n) is 9.02. The average Bonchev–Trinajstić information content (AvgIpc) is 3.30. The number of nitrogens with one attached hydrogen (secondary N) is 2. The molecule has 0 aromatic carbocycles. The minimum atomic E-state index is -3.56. The van der Waals surface area contributed by atoms with Crippen LogP contribution in [0.4, 0.5) is 0 Å². The van der Waals surface area contributed by atoms with Crippen molar-refractivity contribution in [2.24, 2.45) is 13.0 Å². The Balaban J connectivity index is 1.56. The van der Waals surface area contributed by atoms with Gasteiger partial charge < -0.3 is 9.88 Å². The molecule has 0 saturated carbocycles. The van der Waals surface area contributed by atoms with Gasteiger partial charge in [-0.25, -0.2) is 13.1 Å². The number of piperidine rings is 1.